The SMILES string of the molecule is CCCNC/C(C)=C/c1ccc(F)cc1Br. The van der Waals surface area contributed by atoms with Crippen molar-refractivity contribution in [2.24, 2.45) is 0 Å². The quantitative estimate of drug-likeness (QED) is 0.807. The van der Waals surface area contributed by atoms with Crippen molar-refractivity contribution in [1.82, 2.24) is 5.32 Å². The second-order valence-corrected chi connectivity index (χ2v) is 4.69. The van der Waals surface area contributed by atoms with Gasteiger partial charge in [0, 0.05) is 11.0 Å². The van der Waals surface area contributed by atoms with E-state index in [1.54, 1.807) is 6.07 Å². The molecule has 0 aliphatic rings. The minimum absolute atomic E-state index is 0.217. The number of benzene rings is 1. The maximum Gasteiger partial charge on any atom is 0.124 e. The van der Waals surface area contributed by atoms with Gasteiger partial charge in [-0.2, -0.15) is 0 Å². The Labute approximate surface area is 105 Å². The molecule has 0 aliphatic carbocycles. The van der Waals surface area contributed by atoms with Crippen molar-refractivity contribution in [1.29, 1.82) is 0 Å². The van der Waals surface area contributed by atoms with Crippen molar-refractivity contribution in [2.75, 3.05) is 13.1 Å². The highest BCUT2D eigenvalue weighted by Crippen LogP contribution is 2.20. The van der Waals surface area contributed by atoms with Crippen molar-refractivity contribution in [3.63, 3.8) is 0 Å². The molecule has 1 aromatic rings. The molecular weight excluding hydrogens is 269 g/mol. The van der Waals surface area contributed by atoms with E-state index in [2.05, 4.69) is 41.2 Å². The third-order valence-electron chi connectivity index (χ3n) is 2.20. The molecule has 3 heteroatoms. The molecule has 16 heavy (non-hydrogen) atoms. The maximum atomic E-state index is 12.9. The molecule has 88 valence electrons. The molecule has 0 atom stereocenters. The second kappa shape index (κ2) is 6.81. The van der Waals surface area contributed by atoms with Crippen LogP contribution in [0.1, 0.15) is 25.8 Å². The first-order valence-electron chi connectivity index (χ1n) is 5.46. The first kappa shape index (κ1) is 13.4. The van der Waals surface area contributed by atoms with Gasteiger partial charge in [0.15, 0.2) is 0 Å². The van der Waals surface area contributed by atoms with Crippen LogP contribution in [0.5, 0.6) is 0 Å². The predicted molar refractivity (Wildman–Crippen MR) is 70.9 cm³/mol. The molecule has 1 N–H and O–H groups in total. The summed E-state index contributed by atoms with van der Waals surface area (Å²) in [5.41, 5.74) is 2.25. The standard InChI is InChI=1S/C13H17BrFN/c1-3-6-16-9-10(2)7-11-4-5-12(15)8-13(11)14/h4-5,7-8,16H,3,6,9H2,1-2H3/b10-7+. The summed E-state index contributed by atoms with van der Waals surface area (Å²) in [6.07, 6.45) is 3.19. The first-order valence-corrected chi connectivity index (χ1v) is 6.25. The summed E-state index contributed by atoms with van der Waals surface area (Å²) in [6.45, 7) is 6.11. The largest absolute Gasteiger partial charge is 0.313 e. The van der Waals surface area contributed by atoms with E-state index in [0.717, 1.165) is 29.5 Å². The number of hydrogen-bond acceptors (Lipinski definition) is 1. The van der Waals surface area contributed by atoms with Crippen LogP contribution in [0.25, 0.3) is 6.08 Å². The van der Waals surface area contributed by atoms with Crippen LogP contribution in [0.15, 0.2) is 28.2 Å². The van der Waals surface area contributed by atoms with E-state index in [0.29, 0.717) is 0 Å². The van der Waals surface area contributed by atoms with Crippen LogP contribution >= 0.6 is 15.9 Å². The molecule has 0 saturated carbocycles. The van der Waals surface area contributed by atoms with Crippen LogP contribution in [0.4, 0.5) is 4.39 Å². The van der Waals surface area contributed by atoms with Crippen molar-refractivity contribution < 1.29 is 4.39 Å². The third-order valence-corrected chi connectivity index (χ3v) is 2.88. The number of rotatable bonds is 5. The fourth-order valence-electron chi connectivity index (χ4n) is 1.40. The van der Waals surface area contributed by atoms with Crippen LogP contribution in [-0.4, -0.2) is 13.1 Å². The number of hydrogen-bond donors (Lipinski definition) is 1. The average molecular weight is 286 g/mol. The Bertz CT molecular complexity index is 374. The van der Waals surface area contributed by atoms with Gasteiger partial charge >= 0.3 is 0 Å². The van der Waals surface area contributed by atoms with Gasteiger partial charge in [-0.1, -0.05) is 40.6 Å². The van der Waals surface area contributed by atoms with Crippen LogP contribution in [-0.2, 0) is 0 Å². The molecule has 1 aromatic carbocycles. The lowest BCUT2D eigenvalue weighted by atomic mass is 10.1. The van der Waals surface area contributed by atoms with Crippen molar-refractivity contribution in [3.05, 3.63) is 39.6 Å². The van der Waals surface area contributed by atoms with Gasteiger partial charge in [0.1, 0.15) is 5.82 Å². The molecule has 0 fully saturated rings. The van der Waals surface area contributed by atoms with E-state index < -0.39 is 0 Å². The Morgan fingerprint density at radius 3 is 2.88 bits per heavy atom. The zero-order valence-corrected chi connectivity index (χ0v) is 11.3. The van der Waals surface area contributed by atoms with Gasteiger partial charge in [-0.15, -0.1) is 0 Å². The summed E-state index contributed by atoms with van der Waals surface area (Å²) in [5, 5.41) is 3.33. The molecule has 0 radical (unpaired) electrons. The highest BCUT2D eigenvalue weighted by Gasteiger charge is 1.99. The molecule has 0 saturated heterocycles. The zero-order valence-electron chi connectivity index (χ0n) is 9.69. The van der Waals surface area contributed by atoms with Crippen LogP contribution in [0.2, 0.25) is 0 Å². The highest BCUT2D eigenvalue weighted by atomic mass is 79.9. The van der Waals surface area contributed by atoms with E-state index in [4.69, 9.17) is 0 Å². The number of halogens is 2. The lowest BCUT2D eigenvalue weighted by Gasteiger charge is -2.04. The topological polar surface area (TPSA) is 12.0 Å². The maximum absolute atomic E-state index is 12.9. The third kappa shape index (κ3) is 4.45. The van der Waals surface area contributed by atoms with E-state index in [-0.39, 0.29) is 5.82 Å². The van der Waals surface area contributed by atoms with Crippen molar-refractivity contribution in [2.45, 2.75) is 20.3 Å². The highest BCUT2D eigenvalue weighted by molar-refractivity contribution is 9.10. The molecule has 1 rings (SSSR count). The van der Waals surface area contributed by atoms with E-state index in [1.807, 2.05) is 0 Å². The Morgan fingerprint density at radius 1 is 1.50 bits per heavy atom. The van der Waals surface area contributed by atoms with Crippen LogP contribution < -0.4 is 5.32 Å². The van der Waals surface area contributed by atoms with E-state index in [9.17, 15) is 4.39 Å². The van der Waals surface area contributed by atoms with Gasteiger partial charge in [0.05, 0.1) is 0 Å². The van der Waals surface area contributed by atoms with Gasteiger partial charge in [0.2, 0.25) is 0 Å². The van der Waals surface area contributed by atoms with Gasteiger partial charge in [-0.25, -0.2) is 4.39 Å². The van der Waals surface area contributed by atoms with E-state index in [1.165, 1.54) is 17.7 Å². The Hall–Kier alpha value is -0.670. The van der Waals surface area contributed by atoms with E-state index >= 15 is 0 Å². The van der Waals surface area contributed by atoms with Gasteiger partial charge in [-0.05, 0) is 37.6 Å². The smallest absolute Gasteiger partial charge is 0.124 e. The average Bonchev–Trinajstić information content (AvgIpc) is 2.23. The predicted octanol–water partition coefficient (Wildman–Crippen LogP) is 3.99. The monoisotopic (exact) mass is 285 g/mol. The second-order valence-electron chi connectivity index (χ2n) is 3.83. The fourth-order valence-corrected chi connectivity index (χ4v) is 1.86. The Kier molecular flexibility index (Phi) is 5.71. The lowest BCUT2D eigenvalue weighted by molar-refractivity contribution is 0.627. The molecule has 1 nitrogen and oxygen atoms in total. The van der Waals surface area contributed by atoms with Crippen molar-refractivity contribution in [3.8, 4) is 0 Å². The lowest BCUT2D eigenvalue weighted by Crippen LogP contribution is -2.16. The van der Waals surface area contributed by atoms with Crippen LogP contribution in [0.3, 0.4) is 0 Å². The zero-order chi connectivity index (χ0) is 12.0. The molecule has 0 spiro atoms. The molecular formula is C13H17BrFN. The summed E-state index contributed by atoms with van der Waals surface area (Å²) < 4.78 is 13.7. The molecule has 0 unspecified atom stereocenters. The number of nitrogens with one attached hydrogen (secondary N) is 1. The molecule has 0 aromatic heterocycles. The van der Waals surface area contributed by atoms with Crippen molar-refractivity contribution >= 4 is 22.0 Å². The summed E-state index contributed by atoms with van der Waals surface area (Å²) in [4.78, 5) is 0. The van der Waals surface area contributed by atoms with Gasteiger partial charge < -0.3 is 5.32 Å². The molecule has 0 bridgehead atoms. The van der Waals surface area contributed by atoms with Gasteiger partial charge in [-0.3, -0.25) is 0 Å². The Morgan fingerprint density at radius 2 is 2.25 bits per heavy atom. The molecule has 0 amide bonds. The molecule has 0 aliphatic heterocycles. The summed E-state index contributed by atoms with van der Waals surface area (Å²) >= 11 is 3.35. The Balaban J connectivity index is 2.66. The summed E-state index contributed by atoms with van der Waals surface area (Å²) in [5.74, 6) is -0.217. The summed E-state index contributed by atoms with van der Waals surface area (Å²) in [7, 11) is 0. The summed E-state index contributed by atoms with van der Waals surface area (Å²) in [6, 6.07) is 4.74. The first-order chi connectivity index (χ1) is 7.63. The minimum atomic E-state index is -0.217. The normalized spacial score (nSPS) is 11.9. The van der Waals surface area contributed by atoms with Gasteiger partial charge in [0.25, 0.3) is 0 Å². The van der Waals surface area contributed by atoms with Crippen LogP contribution in [0, 0.1) is 5.82 Å². The fraction of sp³-hybridized carbons (Fsp3) is 0.385. The minimum Gasteiger partial charge on any atom is -0.313 e. The molecule has 0 heterocycles.